The van der Waals surface area contributed by atoms with Crippen molar-refractivity contribution in [3.8, 4) is 33.4 Å². The van der Waals surface area contributed by atoms with E-state index in [2.05, 4.69) is 246 Å². The number of nitrogens with zero attached hydrogens (tertiary/aromatic N) is 2. The van der Waals surface area contributed by atoms with E-state index in [0.717, 1.165) is 67.2 Å². The highest BCUT2D eigenvalue weighted by Gasteiger charge is 2.52. The minimum absolute atomic E-state index is 0.530. The Bertz CT molecular complexity index is 3520. The molecule has 2 aliphatic carbocycles. The van der Waals surface area contributed by atoms with Crippen LogP contribution in [-0.2, 0) is 5.41 Å². The summed E-state index contributed by atoms with van der Waals surface area (Å²) in [7, 11) is 0. The summed E-state index contributed by atoms with van der Waals surface area (Å²) in [5.74, 6) is 0. The fourth-order valence-electron chi connectivity index (χ4n) is 10.9. The van der Waals surface area contributed by atoms with E-state index in [0.29, 0.717) is 0 Å². The molecule has 1 atom stereocenters. The first-order chi connectivity index (χ1) is 31.8. The van der Waals surface area contributed by atoms with Crippen molar-refractivity contribution in [2.75, 3.05) is 9.80 Å². The van der Waals surface area contributed by atoms with Gasteiger partial charge in [0.05, 0.1) is 11.1 Å². The number of rotatable bonds is 7. The molecule has 0 bridgehead atoms. The monoisotopic (exact) mass is 816 g/mol. The maximum Gasteiger partial charge on any atom is 0.143 e. The second-order valence-corrected chi connectivity index (χ2v) is 16.8. The Morgan fingerprint density at radius 1 is 0.312 bits per heavy atom. The van der Waals surface area contributed by atoms with Crippen molar-refractivity contribution in [1.82, 2.24) is 0 Å². The third-order valence-corrected chi connectivity index (χ3v) is 13.4. The number of para-hydroxylation sites is 4. The number of hydrogen-bond acceptors (Lipinski definition) is 3. The van der Waals surface area contributed by atoms with Crippen LogP contribution in [0.15, 0.2) is 247 Å². The summed E-state index contributed by atoms with van der Waals surface area (Å²) in [5.41, 5.74) is 20.3. The molecule has 0 saturated carbocycles. The maximum absolute atomic E-state index is 6.65. The van der Waals surface area contributed by atoms with E-state index in [1.807, 2.05) is 6.07 Å². The summed E-state index contributed by atoms with van der Waals surface area (Å²) in [6.45, 7) is 0. The molecule has 0 amide bonds. The Morgan fingerprint density at radius 3 is 1.55 bits per heavy atom. The zero-order chi connectivity index (χ0) is 42.2. The van der Waals surface area contributed by atoms with Crippen LogP contribution in [0.4, 0.5) is 34.1 Å². The van der Waals surface area contributed by atoms with E-state index < -0.39 is 5.41 Å². The van der Waals surface area contributed by atoms with Gasteiger partial charge in [0, 0.05) is 50.3 Å². The topological polar surface area (TPSA) is 19.6 Å². The summed E-state index contributed by atoms with van der Waals surface area (Å²) >= 11 is 0. The van der Waals surface area contributed by atoms with Gasteiger partial charge in [-0.1, -0.05) is 170 Å². The first-order valence-electron chi connectivity index (χ1n) is 22.0. The van der Waals surface area contributed by atoms with E-state index in [9.17, 15) is 0 Å². The molecule has 2 aliphatic rings. The standard InChI is InChI=1S/C61H40N2O/c1-5-20-41(21-6-1)50-39-46(40-52-48-29-15-18-35-58(48)64-60(50)52)62(42-22-7-2-8-23-42)45-36-37-55-51(38-45)47-28-13-16-31-53(47)61(55)54-32-17-14-30-49(54)59-56(61)33-19-34-57(59)63(43-24-9-3-10-25-43)44-26-11-4-12-27-44/h1-40H. The quantitative estimate of drug-likeness (QED) is 0.160. The molecule has 10 aromatic carbocycles. The van der Waals surface area contributed by atoms with E-state index in [-0.39, 0.29) is 0 Å². The average molecular weight is 817 g/mol. The number of furan rings is 1. The van der Waals surface area contributed by atoms with E-state index >= 15 is 0 Å². The van der Waals surface area contributed by atoms with Crippen LogP contribution >= 0.6 is 0 Å². The van der Waals surface area contributed by atoms with Crippen LogP contribution < -0.4 is 9.80 Å². The Hall–Kier alpha value is -8.40. The van der Waals surface area contributed by atoms with Crippen LogP contribution in [0.2, 0.25) is 0 Å². The number of benzene rings is 10. The summed E-state index contributed by atoms with van der Waals surface area (Å²) < 4.78 is 6.65. The van der Waals surface area contributed by atoms with Crippen molar-refractivity contribution < 1.29 is 4.42 Å². The van der Waals surface area contributed by atoms with E-state index in [1.54, 1.807) is 0 Å². The SMILES string of the molecule is c1ccc(-c2cc(N(c3ccccc3)c3ccc4c(c3)-c3ccccc3C43c4ccccc4-c4c(N(c5ccccc5)c5ccccc5)cccc43)cc3c2oc2ccccc23)cc1. The normalized spacial score (nSPS) is 14.3. The minimum atomic E-state index is -0.530. The molecule has 64 heavy (non-hydrogen) atoms. The maximum atomic E-state index is 6.65. The first kappa shape index (κ1) is 36.3. The van der Waals surface area contributed by atoms with Crippen LogP contribution in [0, 0.1) is 0 Å². The fourth-order valence-corrected chi connectivity index (χ4v) is 10.9. The highest BCUT2D eigenvalue weighted by Crippen LogP contribution is 2.65. The molecule has 1 aromatic heterocycles. The first-order valence-corrected chi connectivity index (χ1v) is 22.0. The van der Waals surface area contributed by atoms with Crippen molar-refractivity contribution in [3.63, 3.8) is 0 Å². The van der Waals surface area contributed by atoms with Crippen molar-refractivity contribution >= 4 is 56.1 Å². The van der Waals surface area contributed by atoms with Gasteiger partial charge in [-0.15, -0.1) is 0 Å². The molecule has 0 radical (unpaired) electrons. The lowest BCUT2D eigenvalue weighted by atomic mass is 9.70. The Labute approximate surface area is 372 Å². The Balaban J connectivity index is 1.06. The molecule has 3 heteroatoms. The largest absolute Gasteiger partial charge is 0.455 e. The average Bonchev–Trinajstić information content (AvgIpc) is 4.00. The van der Waals surface area contributed by atoms with Gasteiger partial charge in [-0.3, -0.25) is 0 Å². The fraction of sp³-hybridized carbons (Fsp3) is 0.0164. The molecule has 11 aromatic rings. The van der Waals surface area contributed by atoms with Gasteiger partial charge in [0.1, 0.15) is 11.2 Å². The summed E-state index contributed by atoms with van der Waals surface area (Å²) in [4.78, 5) is 4.83. The van der Waals surface area contributed by atoms with Crippen molar-refractivity contribution in [3.05, 3.63) is 265 Å². The zero-order valence-corrected chi connectivity index (χ0v) is 34.9. The molecule has 1 heterocycles. The molecule has 13 rings (SSSR count). The molecule has 1 unspecified atom stereocenters. The lowest BCUT2D eigenvalue weighted by molar-refractivity contribution is 0.670. The Morgan fingerprint density at radius 2 is 0.844 bits per heavy atom. The number of fused-ring (bicyclic) bond motifs is 13. The third kappa shape index (κ3) is 5.28. The molecule has 0 N–H and O–H groups in total. The van der Waals surface area contributed by atoms with Crippen LogP contribution in [0.1, 0.15) is 22.3 Å². The van der Waals surface area contributed by atoms with Crippen LogP contribution in [0.3, 0.4) is 0 Å². The van der Waals surface area contributed by atoms with Crippen LogP contribution in [0.25, 0.3) is 55.3 Å². The molecular formula is C61H40N2O. The third-order valence-electron chi connectivity index (χ3n) is 13.4. The smallest absolute Gasteiger partial charge is 0.143 e. The van der Waals surface area contributed by atoms with Crippen molar-refractivity contribution in [2.45, 2.75) is 5.41 Å². The van der Waals surface area contributed by atoms with E-state index in [1.165, 1.54) is 44.5 Å². The summed E-state index contributed by atoms with van der Waals surface area (Å²) in [6, 6.07) is 88.1. The second-order valence-electron chi connectivity index (χ2n) is 16.8. The van der Waals surface area contributed by atoms with Gasteiger partial charge < -0.3 is 14.2 Å². The molecule has 0 saturated heterocycles. The number of hydrogen-bond donors (Lipinski definition) is 0. The van der Waals surface area contributed by atoms with Gasteiger partial charge in [0.25, 0.3) is 0 Å². The van der Waals surface area contributed by atoms with Gasteiger partial charge in [-0.2, -0.15) is 0 Å². The molecule has 3 nitrogen and oxygen atoms in total. The zero-order valence-electron chi connectivity index (χ0n) is 34.9. The Kier molecular flexibility index (Phi) is 8.13. The molecular weight excluding hydrogens is 777 g/mol. The number of anilines is 6. The summed E-state index contributed by atoms with van der Waals surface area (Å²) in [5, 5.41) is 2.19. The molecule has 0 fully saturated rings. The van der Waals surface area contributed by atoms with Gasteiger partial charge in [-0.05, 0) is 117 Å². The van der Waals surface area contributed by atoms with Gasteiger partial charge in [0.2, 0.25) is 0 Å². The summed E-state index contributed by atoms with van der Waals surface area (Å²) in [6.07, 6.45) is 0. The van der Waals surface area contributed by atoms with E-state index in [4.69, 9.17) is 4.42 Å². The van der Waals surface area contributed by atoms with Gasteiger partial charge >= 0.3 is 0 Å². The predicted molar refractivity (Wildman–Crippen MR) is 265 cm³/mol. The lowest BCUT2D eigenvalue weighted by Crippen LogP contribution is -2.26. The van der Waals surface area contributed by atoms with Crippen LogP contribution in [0.5, 0.6) is 0 Å². The highest BCUT2D eigenvalue weighted by atomic mass is 16.3. The predicted octanol–water partition coefficient (Wildman–Crippen LogP) is 16.5. The van der Waals surface area contributed by atoms with Gasteiger partial charge in [0.15, 0.2) is 0 Å². The van der Waals surface area contributed by atoms with Gasteiger partial charge in [-0.25, -0.2) is 0 Å². The molecule has 1 spiro atoms. The van der Waals surface area contributed by atoms with Crippen LogP contribution in [-0.4, -0.2) is 0 Å². The molecule has 300 valence electrons. The van der Waals surface area contributed by atoms with Crippen molar-refractivity contribution in [2.24, 2.45) is 0 Å². The lowest BCUT2D eigenvalue weighted by Gasteiger charge is -2.32. The molecule has 0 aliphatic heterocycles. The highest BCUT2D eigenvalue weighted by molar-refractivity contribution is 6.12. The second kappa shape index (κ2) is 14.3. The minimum Gasteiger partial charge on any atom is -0.455 e. The van der Waals surface area contributed by atoms with Crippen molar-refractivity contribution in [1.29, 1.82) is 0 Å².